The summed E-state index contributed by atoms with van der Waals surface area (Å²) in [6.45, 7) is 1.73. The van der Waals surface area contributed by atoms with Crippen LogP contribution in [0.2, 0.25) is 5.02 Å². The van der Waals surface area contributed by atoms with Crippen LogP contribution in [0, 0.1) is 5.92 Å². The number of carbonyl (C=O) groups is 2. The molecule has 4 nitrogen and oxygen atoms in total. The molecule has 0 aromatic heterocycles. The average Bonchev–Trinajstić information content (AvgIpc) is 2.27. The second-order valence-corrected chi connectivity index (χ2v) is 4.58. The highest BCUT2D eigenvalue weighted by Gasteiger charge is 2.16. The number of hydrogen-bond donors (Lipinski definition) is 1. The molecule has 1 aromatic rings. The molecule has 0 aliphatic heterocycles. The standard InChI is InChI=1S/C13H15ClO4/c1-8(6-13(16)17)5-12(15)10-4-3-9(18-2)7-11(10)14/h3-4,7-8H,5-6H2,1-2H3,(H,16,17). The van der Waals surface area contributed by atoms with Gasteiger partial charge in [-0.3, -0.25) is 9.59 Å². The third-order valence-electron chi connectivity index (χ3n) is 2.53. The topological polar surface area (TPSA) is 63.6 Å². The van der Waals surface area contributed by atoms with Crippen molar-refractivity contribution >= 4 is 23.4 Å². The summed E-state index contributed by atoms with van der Waals surface area (Å²) in [5.74, 6) is -0.698. The normalized spacial score (nSPS) is 11.9. The number of benzene rings is 1. The van der Waals surface area contributed by atoms with E-state index < -0.39 is 5.97 Å². The van der Waals surface area contributed by atoms with Gasteiger partial charge in [0.2, 0.25) is 0 Å². The second kappa shape index (κ2) is 6.40. The van der Waals surface area contributed by atoms with Crippen LogP contribution < -0.4 is 4.74 Å². The molecule has 0 heterocycles. The van der Waals surface area contributed by atoms with Gasteiger partial charge >= 0.3 is 5.97 Å². The van der Waals surface area contributed by atoms with Gasteiger partial charge in [0.1, 0.15) is 5.75 Å². The van der Waals surface area contributed by atoms with E-state index in [4.69, 9.17) is 21.4 Å². The number of carboxylic acids is 1. The summed E-state index contributed by atoms with van der Waals surface area (Å²) in [6, 6.07) is 4.81. The van der Waals surface area contributed by atoms with E-state index >= 15 is 0 Å². The van der Waals surface area contributed by atoms with Crippen LogP contribution in [0.3, 0.4) is 0 Å². The van der Waals surface area contributed by atoms with Crippen LogP contribution in [0.4, 0.5) is 0 Å². The van der Waals surface area contributed by atoms with Crippen LogP contribution in [-0.4, -0.2) is 24.0 Å². The van der Waals surface area contributed by atoms with Gasteiger partial charge in [0.25, 0.3) is 0 Å². The highest BCUT2D eigenvalue weighted by Crippen LogP contribution is 2.24. The quantitative estimate of drug-likeness (QED) is 0.807. The summed E-state index contributed by atoms with van der Waals surface area (Å²) in [4.78, 5) is 22.5. The van der Waals surface area contributed by atoms with Crippen molar-refractivity contribution < 1.29 is 19.4 Å². The zero-order chi connectivity index (χ0) is 13.7. The first-order valence-electron chi connectivity index (χ1n) is 5.52. The first kappa shape index (κ1) is 14.5. The molecule has 98 valence electrons. The van der Waals surface area contributed by atoms with E-state index in [0.717, 1.165) is 0 Å². The average molecular weight is 271 g/mol. The van der Waals surface area contributed by atoms with Crippen molar-refractivity contribution in [2.24, 2.45) is 5.92 Å². The van der Waals surface area contributed by atoms with Crippen LogP contribution in [-0.2, 0) is 4.79 Å². The Morgan fingerprint density at radius 2 is 2.06 bits per heavy atom. The molecule has 0 amide bonds. The van der Waals surface area contributed by atoms with Crippen LogP contribution in [0.25, 0.3) is 0 Å². The lowest BCUT2D eigenvalue weighted by atomic mass is 9.97. The first-order chi connectivity index (χ1) is 8.43. The molecule has 0 bridgehead atoms. The van der Waals surface area contributed by atoms with Crippen molar-refractivity contribution in [2.75, 3.05) is 7.11 Å². The molecule has 0 aliphatic carbocycles. The van der Waals surface area contributed by atoms with Gasteiger partial charge in [-0.05, 0) is 24.1 Å². The number of carboxylic acid groups (broad SMARTS) is 1. The monoisotopic (exact) mass is 270 g/mol. The van der Waals surface area contributed by atoms with Gasteiger partial charge in [-0.2, -0.15) is 0 Å². The highest BCUT2D eigenvalue weighted by atomic mass is 35.5. The minimum atomic E-state index is -0.906. The van der Waals surface area contributed by atoms with E-state index in [0.29, 0.717) is 16.3 Å². The van der Waals surface area contributed by atoms with E-state index in [1.807, 2.05) is 0 Å². The Hall–Kier alpha value is -1.55. The fourth-order valence-electron chi connectivity index (χ4n) is 1.65. The van der Waals surface area contributed by atoms with Gasteiger partial charge in [0.05, 0.1) is 12.1 Å². The van der Waals surface area contributed by atoms with Crippen molar-refractivity contribution in [2.45, 2.75) is 19.8 Å². The highest BCUT2D eigenvalue weighted by molar-refractivity contribution is 6.34. The Kier molecular flexibility index (Phi) is 5.16. The Morgan fingerprint density at radius 1 is 1.39 bits per heavy atom. The summed E-state index contributed by atoms with van der Waals surface area (Å²) in [5, 5.41) is 8.96. The number of ether oxygens (including phenoxy) is 1. The Labute approximate surface area is 111 Å². The van der Waals surface area contributed by atoms with E-state index in [9.17, 15) is 9.59 Å². The summed E-state index contributed by atoms with van der Waals surface area (Å²) < 4.78 is 4.99. The molecule has 5 heteroatoms. The molecule has 1 unspecified atom stereocenters. The van der Waals surface area contributed by atoms with Gasteiger partial charge in [-0.15, -0.1) is 0 Å². The van der Waals surface area contributed by atoms with Crippen LogP contribution >= 0.6 is 11.6 Å². The predicted octanol–water partition coefficient (Wildman–Crippen LogP) is 3.03. The number of halogens is 1. The SMILES string of the molecule is COc1ccc(C(=O)CC(C)CC(=O)O)c(Cl)c1. The number of aliphatic carboxylic acids is 1. The fourth-order valence-corrected chi connectivity index (χ4v) is 1.92. The Balaban J connectivity index is 2.75. The van der Waals surface area contributed by atoms with E-state index in [1.165, 1.54) is 7.11 Å². The minimum absolute atomic E-state index is 0.0283. The number of Topliss-reactive ketones (excluding diaryl/α,β-unsaturated/α-hetero) is 1. The summed E-state index contributed by atoms with van der Waals surface area (Å²) in [5.41, 5.74) is 0.398. The lowest BCUT2D eigenvalue weighted by Crippen LogP contribution is -2.10. The summed E-state index contributed by atoms with van der Waals surface area (Å²) in [6.07, 6.45) is 0.137. The zero-order valence-electron chi connectivity index (χ0n) is 10.3. The van der Waals surface area contributed by atoms with Gasteiger partial charge in [-0.1, -0.05) is 18.5 Å². The van der Waals surface area contributed by atoms with Gasteiger partial charge in [0, 0.05) is 18.4 Å². The van der Waals surface area contributed by atoms with E-state index in [1.54, 1.807) is 25.1 Å². The predicted molar refractivity (Wildman–Crippen MR) is 68.4 cm³/mol. The van der Waals surface area contributed by atoms with Crippen molar-refractivity contribution in [3.8, 4) is 5.75 Å². The zero-order valence-corrected chi connectivity index (χ0v) is 11.0. The maximum atomic E-state index is 11.9. The summed E-state index contributed by atoms with van der Waals surface area (Å²) >= 11 is 5.98. The molecular formula is C13H15ClO4. The number of ketones is 1. The van der Waals surface area contributed by atoms with E-state index in [-0.39, 0.29) is 24.5 Å². The molecule has 0 spiro atoms. The Morgan fingerprint density at radius 3 is 2.56 bits per heavy atom. The lowest BCUT2D eigenvalue weighted by Gasteiger charge is -2.09. The number of methoxy groups -OCH3 is 1. The van der Waals surface area contributed by atoms with Gasteiger partial charge in [-0.25, -0.2) is 0 Å². The number of carbonyl (C=O) groups excluding carboxylic acids is 1. The molecule has 0 saturated carbocycles. The lowest BCUT2D eigenvalue weighted by molar-refractivity contribution is -0.137. The molecule has 1 atom stereocenters. The molecule has 1 aromatic carbocycles. The van der Waals surface area contributed by atoms with E-state index in [2.05, 4.69) is 0 Å². The van der Waals surface area contributed by atoms with Gasteiger partial charge < -0.3 is 9.84 Å². The molecule has 1 rings (SSSR count). The molecule has 18 heavy (non-hydrogen) atoms. The third kappa shape index (κ3) is 4.04. The third-order valence-corrected chi connectivity index (χ3v) is 2.85. The van der Waals surface area contributed by atoms with Crippen molar-refractivity contribution in [1.82, 2.24) is 0 Å². The number of hydrogen-bond acceptors (Lipinski definition) is 3. The molecular weight excluding hydrogens is 256 g/mol. The number of rotatable bonds is 6. The minimum Gasteiger partial charge on any atom is -0.497 e. The molecule has 0 aliphatic rings. The van der Waals surface area contributed by atoms with Crippen molar-refractivity contribution in [1.29, 1.82) is 0 Å². The molecule has 0 fully saturated rings. The largest absolute Gasteiger partial charge is 0.497 e. The van der Waals surface area contributed by atoms with Crippen molar-refractivity contribution in [3.63, 3.8) is 0 Å². The van der Waals surface area contributed by atoms with Crippen LogP contribution in [0.5, 0.6) is 5.75 Å². The van der Waals surface area contributed by atoms with Gasteiger partial charge in [0.15, 0.2) is 5.78 Å². The fraction of sp³-hybridized carbons (Fsp3) is 0.385. The van der Waals surface area contributed by atoms with Crippen molar-refractivity contribution in [3.05, 3.63) is 28.8 Å². The van der Waals surface area contributed by atoms with Crippen LogP contribution in [0.1, 0.15) is 30.1 Å². The Bertz CT molecular complexity index is 456. The maximum Gasteiger partial charge on any atom is 0.303 e. The molecule has 0 saturated heterocycles. The first-order valence-corrected chi connectivity index (χ1v) is 5.90. The molecule has 0 radical (unpaired) electrons. The smallest absolute Gasteiger partial charge is 0.303 e. The maximum absolute atomic E-state index is 11.9. The van der Waals surface area contributed by atoms with Crippen LogP contribution in [0.15, 0.2) is 18.2 Å². The summed E-state index contributed by atoms with van der Waals surface area (Å²) in [7, 11) is 1.52. The second-order valence-electron chi connectivity index (χ2n) is 4.18. The molecule has 1 N–H and O–H groups in total.